The van der Waals surface area contributed by atoms with E-state index in [2.05, 4.69) is 40.4 Å². The average molecular weight is 394 g/mol. The Bertz CT molecular complexity index is 1240. The Morgan fingerprint density at radius 1 is 0.967 bits per heavy atom. The fourth-order valence-electron chi connectivity index (χ4n) is 3.33. The molecule has 0 radical (unpaired) electrons. The maximum absolute atomic E-state index is 12.8. The molecule has 0 spiro atoms. The molecule has 0 aliphatic carbocycles. The molecule has 0 unspecified atom stereocenters. The van der Waals surface area contributed by atoms with Crippen LogP contribution in [-0.4, -0.2) is 15.9 Å². The summed E-state index contributed by atoms with van der Waals surface area (Å²) >= 11 is 0. The molecule has 1 amide bonds. The van der Waals surface area contributed by atoms with Crippen LogP contribution in [0.4, 0.5) is 0 Å². The fraction of sp³-hybridized carbons (Fsp3) is 0.0400. The van der Waals surface area contributed by atoms with Crippen LogP contribution in [0.1, 0.15) is 17.3 Å². The number of nitrogens with zero attached hydrogens (tertiary/aromatic N) is 1. The van der Waals surface area contributed by atoms with Gasteiger partial charge >= 0.3 is 0 Å². The zero-order valence-corrected chi connectivity index (χ0v) is 16.6. The summed E-state index contributed by atoms with van der Waals surface area (Å²) in [6.45, 7) is 5.69. The highest BCUT2D eigenvalue weighted by atomic mass is 16.1. The van der Waals surface area contributed by atoms with Crippen LogP contribution < -0.4 is 10.6 Å². The molecule has 0 saturated carbocycles. The van der Waals surface area contributed by atoms with Gasteiger partial charge in [-0.3, -0.25) is 4.79 Å². The summed E-state index contributed by atoms with van der Waals surface area (Å²) < 4.78 is 0. The molecule has 0 atom stereocenters. The molecule has 148 valence electrons. The number of hydrogen-bond donors (Lipinski definition) is 3. The van der Waals surface area contributed by atoms with Gasteiger partial charge in [-0.2, -0.15) is 0 Å². The van der Waals surface area contributed by atoms with Gasteiger partial charge in [-0.1, -0.05) is 73.3 Å². The van der Waals surface area contributed by atoms with Gasteiger partial charge in [0.25, 0.3) is 5.91 Å². The van der Waals surface area contributed by atoms with Crippen LogP contribution in [0.25, 0.3) is 33.5 Å². The number of aromatic amines is 1. The van der Waals surface area contributed by atoms with Crippen LogP contribution >= 0.6 is 0 Å². The minimum atomic E-state index is -0.267. The molecule has 1 heterocycles. The second-order valence-corrected chi connectivity index (χ2v) is 6.78. The second kappa shape index (κ2) is 8.49. The molecule has 5 nitrogen and oxygen atoms in total. The molecular formula is C25H22N4O. The molecular weight excluding hydrogens is 372 g/mol. The molecule has 3 aromatic carbocycles. The zero-order valence-electron chi connectivity index (χ0n) is 16.6. The summed E-state index contributed by atoms with van der Waals surface area (Å²) in [7, 11) is 0. The molecule has 3 N–H and O–H groups in total. The minimum absolute atomic E-state index is 0.267. The van der Waals surface area contributed by atoms with Crippen LogP contribution in [0.3, 0.4) is 0 Å². The van der Waals surface area contributed by atoms with E-state index in [4.69, 9.17) is 4.98 Å². The number of aromatic nitrogens is 2. The Balaban J connectivity index is 1.73. The number of hydrogen-bond acceptors (Lipinski definition) is 3. The van der Waals surface area contributed by atoms with Crippen molar-refractivity contribution in [2.24, 2.45) is 0 Å². The van der Waals surface area contributed by atoms with Gasteiger partial charge < -0.3 is 15.6 Å². The van der Waals surface area contributed by atoms with Crippen LogP contribution in [0.5, 0.6) is 0 Å². The Morgan fingerprint density at radius 2 is 1.70 bits per heavy atom. The van der Waals surface area contributed by atoms with Crippen molar-refractivity contribution in [1.29, 1.82) is 0 Å². The Kier molecular flexibility index (Phi) is 5.44. The van der Waals surface area contributed by atoms with Crippen molar-refractivity contribution >= 4 is 16.9 Å². The zero-order chi connectivity index (χ0) is 20.9. The molecule has 0 fully saturated rings. The van der Waals surface area contributed by atoms with Gasteiger partial charge in [-0.05, 0) is 36.4 Å². The maximum atomic E-state index is 12.8. The number of carbonyl (C=O) groups excluding carboxylic acids is 1. The van der Waals surface area contributed by atoms with Crippen LogP contribution in [0.15, 0.2) is 97.5 Å². The van der Waals surface area contributed by atoms with E-state index in [-0.39, 0.29) is 5.91 Å². The lowest BCUT2D eigenvalue weighted by Crippen LogP contribution is -2.28. The molecule has 0 saturated heterocycles. The first-order valence-corrected chi connectivity index (χ1v) is 9.69. The first kappa shape index (κ1) is 19.2. The van der Waals surface area contributed by atoms with E-state index in [1.54, 1.807) is 12.3 Å². The molecule has 1 aromatic heterocycles. The predicted molar refractivity (Wildman–Crippen MR) is 122 cm³/mol. The number of benzene rings is 3. The van der Waals surface area contributed by atoms with Crippen LogP contribution in [0, 0.1) is 0 Å². The largest absolute Gasteiger partial charge is 0.349 e. The van der Waals surface area contributed by atoms with Gasteiger partial charge in [0.05, 0.1) is 11.1 Å². The van der Waals surface area contributed by atoms with Gasteiger partial charge in [0.2, 0.25) is 0 Å². The van der Waals surface area contributed by atoms with E-state index in [0.717, 1.165) is 28.0 Å². The number of imidazole rings is 1. The van der Waals surface area contributed by atoms with E-state index in [9.17, 15) is 4.79 Å². The molecule has 0 aliphatic heterocycles. The number of H-pyrrole nitrogens is 1. The van der Waals surface area contributed by atoms with Gasteiger partial charge in [0.15, 0.2) is 0 Å². The van der Waals surface area contributed by atoms with Gasteiger partial charge in [-0.25, -0.2) is 4.98 Å². The molecule has 0 aliphatic rings. The number of nitrogens with one attached hydrogen (secondary N) is 3. The summed E-state index contributed by atoms with van der Waals surface area (Å²) in [6, 6.07) is 23.8. The molecule has 0 bridgehead atoms. The van der Waals surface area contributed by atoms with Gasteiger partial charge in [0, 0.05) is 5.56 Å². The highest BCUT2D eigenvalue weighted by Gasteiger charge is 2.16. The number of allylic oxidation sites excluding steroid dienone is 1. The summed E-state index contributed by atoms with van der Waals surface area (Å²) in [5, 5.41) is 5.66. The highest BCUT2D eigenvalue weighted by Crippen LogP contribution is 2.32. The van der Waals surface area contributed by atoms with E-state index in [1.165, 1.54) is 0 Å². The summed E-state index contributed by atoms with van der Waals surface area (Å²) in [4.78, 5) is 20.9. The first-order chi connectivity index (χ1) is 14.7. The van der Waals surface area contributed by atoms with Crippen LogP contribution in [-0.2, 0) is 0 Å². The van der Waals surface area contributed by atoms with Crippen molar-refractivity contribution in [2.45, 2.75) is 6.92 Å². The standard InChI is InChI=1S/C25H22N4O/c1-3-16-26-17(2)27-25(30)21-14-9-15-22-23(21)29-24(28-22)20-13-8-7-12-19(20)18-10-5-4-6-11-18/h3-16,26H,2H2,1H3,(H,27,30)(H,28,29)/b16-3-. The van der Waals surface area contributed by atoms with E-state index < -0.39 is 0 Å². The Hall–Kier alpha value is -4.12. The quantitative estimate of drug-likeness (QED) is 0.420. The van der Waals surface area contributed by atoms with Crippen molar-refractivity contribution in [3.63, 3.8) is 0 Å². The monoisotopic (exact) mass is 394 g/mol. The number of para-hydroxylation sites is 1. The predicted octanol–water partition coefficient (Wildman–Crippen LogP) is 5.22. The third kappa shape index (κ3) is 3.86. The van der Waals surface area contributed by atoms with Gasteiger partial charge in [0.1, 0.15) is 17.2 Å². The van der Waals surface area contributed by atoms with Crippen molar-refractivity contribution in [2.75, 3.05) is 0 Å². The third-order valence-corrected chi connectivity index (χ3v) is 4.71. The topological polar surface area (TPSA) is 69.8 Å². The number of rotatable bonds is 6. The average Bonchev–Trinajstić information content (AvgIpc) is 3.22. The lowest BCUT2D eigenvalue weighted by atomic mass is 9.99. The molecule has 30 heavy (non-hydrogen) atoms. The van der Waals surface area contributed by atoms with Crippen molar-refractivity contribution in [3.8, 4) is 22.5 Å². The maximum Gasteiger partial charge on any atom is 0.259 e. The summed E-state index contributed by atoms with van der Waals surface area (Å²) in [6.07, 6.45) is 3.53. The SMILES string of the molecule is C=C(N/C=C\C)NC(=O)c1cccc2[nH]c(-c3ccccc3-c3ccccc3)nc12. The number of amides is 1. The highest BCUT2D eigenvalue weighted by molar-refractivity contribution is 6.06. The molecule has 4 rings (SSSR count). The fourth-order valence-corrected chi connectivity index (χ4v) is 3.33. The second-order valence-electron chi connectivity index (χ2n) is 6.78. The van der Waals surface area contributed by atoms with E-state index in [0.29, 0.717) is 16.9 Å². The van der Waals surface area contributed by atoms with Crippen molar-refractivity contribution < 1.29 is 4.79 Å². The van der Waals surface area contributed by atoms with Gasteiger partial charge in [-0.15, -0.1) is 0 Å². The number of carbonyl (C=O) groups is 1. The van der Waals surface area contributed by atoms with Crippen LogP contribution in [0.2, 0.25) is 0 Å². The van der Waals surface area contributed by atoms with E-state index in [1.807, 2.05) is 61.5 Å². The smallest absolute Gasteiger partial charge is 0.259 e. The summed E-state index contributed by atoms with van der Waals surface area (Å²) in [5.41, 5.74) is 5.06. The Labute approximate surface area is 175 Å². The normalized spacial score (nSPS) is 11.0. The third-order valence-electron chi connectivity index (χ3n) is 4.71. The number of fused-ring (bicyclic) bond motifs is 1. The summed E-state index contributed by atoms with van der Waals surface area (Å²) in [5.74, 6) is 0.854. The lowest BCUT2D eigenvalue weighted by Gasteiger charge is -2.08. The van der Waals surface area contributed by atoms with E-state index >= 15 is 0 Å². The lowest BCUT2D eigenvalue weighted by molar-refractivity contribution is 0.0965. The molecule has 4 aromatic rings. The van der Waals surface area contributed by atoms with Crippen molar-refractivity contribution in [3.05, 3.63) is 103 Å². The minimum Gasteiger partial charge on any atom is -0.349 e. The first-order valence-electron chi connectivity index (χ1n) is 9.69. The molecule has 5 heteroatoms. The van der Waals surface area contributed by atoms with Crippen molar-refractivity contribution in [1.82, 2.24) is 20.6 Å². The Morgan fingerprint density at radius 3 is 2.47 bits per heavy atom.